The van der Waals surface area contributed by atoms with Crippen molar-refractivity contribution in [3.05, 3.63) is 0 Å². The van der Waals surface area contributed by atoms with Gasteiger partial charge in [0.05, 0.1) is 30.5 Å². The van der Waals surface area contributed by atoms with Crippen LogP contribution in [0.15, 0.2) is 0 Å². The van der Waals surface area contributed by atoms with Crippen molar-refractivity contribution in [1.82, 2.24) is 0 Å². The fourth-order valence-electron chi connectivity index (χ4n) is 7.00. The Kier molecular flexibility index (Phi) is 3.90. The summed E-state index contributed by atoms with van der Waals surface area (Å²) < 4.78 is 12.7. The first-order valence-electron chi connectivity index (χ1n) is 9.89. The number of fused-ring (bicyclic) bond motifs is 2. The highest BCUT2D eigenvalue weighted by atomic mass is 16.6. The zero-order valence-corrected chi connectivity index (χ0v) is 15.5. The van der Waals surface area contributed by atoms with Crippen molar-refractivity contribution in [2.24, 2.45) is 22.7 Å². The number of aliphatic hydroxyl groups is 2. The summed E-state index contributed by atoms with van der Waals surface area (Å²) in [5.74, 6) is 0.837. The lowest BCUT2D eigenvalue weighted by Gasteiger charge is -2.65. The van der Waals surface area contributed by atoms with Crippen molar-refractivity contribution in [1.29, 1.82) is 0 Å². The molecule has 24 heavy (non-hydrogen) atoms. The molecule has 2 aliphatic heterocycles. The standard InChI is InChI=1S/C20H34O4/c1-14-4-5-15-17(2,12-21)16(22)6-7-18(15,3)20(14)9-8-19(24-20)10-11-23-13-19/h14-16,21-22H,4-13H2,1-3H3/t14-,15-,16-,17+,18+,19+,20+/m1/s1. The van der Waals surface area contributed by atoms with Gasteiger partial charge in [0, 0.05) is 23.9 Å². The maximum atomic E-state index is 10.7. The molecule has 0 radical (unpaired) electrons. The fourth-order valence-corrected chi connectivity index (χ4v) is 7.00. The Hall–Kier alpha value is -0.160. The predicted molar refractivity (Wildman–Crippen MR) is 91.6 cm³/mol. The van der Waals surface area contributed by atoms with Crippen LogP contribution in [0.3, 0.4) is 0 Å². The summed E-state index contributed by atoms with van der Waals surface area (Å²) in [5, 5.41) is 20.8. The quantitative estimate of drug-likeness (QED) is 0.772. The summed E-state index contributed by atoms with van der Waals surface area (Å²) in [7, 11) is 0. The van der Waals surface area contributed by atoms with E-state index in [0.717, 1.165) is 58.2 Å². The van der Waals surface area contributed by atoms with Crippen LogP contribution >= 0.6 is 0 Å². The van der Waals surface area contributed by atoms with E-state index >= 15 is 0 Å². The largest absolute Gasteiger partial charge is 0.396 e. The first kappa shape index (κ1) is 17.3. The van der Waals surface area contributed by atoms with E-state index in [1.54, 1.807) is 0 Å². The Labute approximate surface area is 145 Å². The zero-order valence-electron chi connectivity index (χ0n) is 15.5. The maximum absolute atomic E-state index is 10.7. The van der Waals surface area contributed by atoms with Gasteiger partial charge in [-0.25, -0.2) is 0 Å². The second-order valence-electron chi connectivity index (χ2n) is 9.64. The Morgan fingerprint density at radius 2 is 1.83 bits per heavy atom. The second-order valence-corrected chi connectivity index (χ2v) is 9.64. The Morgan fingerprint density at radius 3 is 2.50 bits per heavy atom. The van der Waals surface area contributed by atoms with Crippen molar-refractivity contribution >= 4 is 0 Å². The van der Waals surface area contributed by atoms with Crippen molar-refractivity contribution < 1.29 is 19.7 Å². The molecule has 4 heteroatoms. The summed E-state index contributed by atoms with van der Waals surface area (Å²) in [6, 6.07) is 0. The number of hydrogen-bond acceptors (Lipinski definition) is 4. The first-order valence-corrected chi connectivity index (χ1v) is 9.89. The summed E-state index contributed by atoms with van der Waals surface area (Å²) in [4.78, 5) is 0. The van der Waals surface area contributed by atoms with Crippen molar-refractivity contribution in [3.8, 4) is 0 Å². The fraction of sp³-hybridized carbons (Fsp3) is 1.00. The van der Waals surface area contributed by atoms with E-state index in [4.69, 9.17) is 9.47 Å². The molecule has 4 aliphatic rings. The van der Waals surface area contributed by atoms with E-state index in [1.165, 1.54) is 0 Å². The molecule has 0 amide bonds. The molecule has 0 bridgehead atoms. The van der Waals surface area contributed by atoms with E-state index in [-0.39, 0.29) is 23.2 Å². The average Bonchev–Trinajstić information content (AvgIpc) is 3.18. The van der Waals surface area contributed by atoms with E-state index in [0.29, 0.717) is 11.8 Å². The summed E-state index contributed by atoms with van der Waals surface area (Å²) in [6.07, 6.45) is 6.78. The van der Waals surface area contributed by atoms with Crippen LogP contribution < -0.4 is 0 Å². The molecule has 0 unspecified atom stereocenters. The van der Waals surface area contributed by atoms with Gasteiger partial charge in [0.2, 0.25) is 0 Å². The highest BCUT2D eigenvalue weighted by Gasteiger charge is 2.69. The minimum Gasteiger partial charge on any atom is -0.396 e. The van der Waals surface area contributed by atoms with Gasteiger partial charge in [-0.2, -0.15) is 0 Å². The van der Waals surface area contributed by atoms with Crippen LogP contribution in [0.4, 0.5) is 0 Å². The van der Waals surface area contributed by atoms with Crippen molar-refractivity contribution in [2.75, 3.05) is 19.8 Å². The normalized spacial score (nSPS) is 57.6. The zero-order chi connectivity index (χ0) is 17.2. The van der Waals surface area contributed by atoms with Gasteiger partial charge >= 0.3 is 0 Å². The smallest absolute Gasteiger partial charge is 0.0945 e. The minimum atomic E-state index is -0.411. The highest BCUT2D eigenvalue weighted by Crippen LogP contribution is 2.68. The Bertz CT molecular complexity index is 502. The molecule has 2 heterocycles. The average molecular weight is 338 g/mol. The minimum absolute atomic E-state index is 0.0213. The molecule has 2 N–H and O–H groups in total. The van der Waals surface area contributed by atoms with Gasteiger partial charge in [-0.15, -0.1) is 0 Å². The van der Waals surface area contributed by atoms with Crippen LogP contribution in [0.1, 0.15) is 65.7 Å². The van der Waals surface area contributed by atoms with Gasteiger partial charge in [0.15, 0.2) is 0 Å². The number of aliphatic hydroxyl groups excluding tert-OH is 2. The lowest BCUT2D eigenvalue weighted by Crippen LogP contribution is -2.66. The molecule has 0 aromatic carbocycles. The van der Waals surface area contributed by atoms with Gasteiger partial charge < -0.3 is 19.7 Å². The number of hydrogen-bond donors (Lipinski definition) is 2. The third-order valence-electron chi connectivity index (χ3n) is 8.67. The second kappa shape index (κ2) is 5.42. The molecule has 7 atom stereocenters. The van der Waals surface area contributed by atoms with E-state index in [1.807, 2.05) is 0 Å². The Balaban J connectivity index is 1.74. The van der Waals surface area contributed by atoms with Crippen LogP contribution in [-0.4, -0.2) is 47.3 Å². The SMILES string of the molecule is C[C@@H]1CC[C@@H]2[C@](C)(CO)[C@H](O)CC[C@]2(C)[C@]12CC[C@@]1(CCOC1)O2. The lowest BCUT2D eigenvalue weighted by molar-refractivity contribution is -0.266. The van der Waals surface area contributed by atoms with Gasteiger partial charge in [0.1, 0.15) is 0 Å². The third kappa shape index (κ3) is 2.00. The Morgan fingerprint density at radius 1 is 1.04 bits per heavy atom. The van der Waals surface area contributed by atoms with Gasteiger partial charge in [-0.3, -0.25) is 0 Å². The molecule has 138 valence electrons. The number of rotatable bonds is 1. The molecule has 2 aliphatic carbocycles. The molecule has 4 fully saturated rings. The monoisotopic (exact) mass is 338 g/mol. The molecule has 2 saturated heterocycles. The van der Waals surface area contributed by atoms with Crippen molar-refractivity contribution in [2.45, 2.75) is 83.0 Å². The van der Waals surface area contributed by atoms with Crippen LogP contribution in [-0.2, 0) is 9.47 Å². The van der Waals surface area contributed by atoms with Gasteiger partial charge in [-0.05, 0) is 50.4 Å². The third-order valence-corrected chi connectivity index (χ3v) is 8.67. The van der Waals surface area contributed by atoms with E-state index in [2.05, 4.69) is 20.8 Å². The topological polar surface area (TPSA) is 58.9 Å². The first-order chi connectivity index (χ1) is 11.3. The number of ether oxygens (including phenoxy) is 2. The predicted octanol–water partition coefficient (Wildman–Crippen LogP) is 2.90. The van der Waals surface area contributed by atoms with Gasteiger partial charge in [-0.1, -0.05) is 20.8 Å². The van der Waals surface area contributed by atoms with Crippen LogP contribution in [0.5, 0.6) is 0 Å². The molecule has 0 aromatic heterocycles. The van der Waals surface area contributed by atoms with Gasteiger partial charge in [0.25, 0.3) is 0 Å². The van der Waals surface area contributed by atoms with Crippen LogP contribution in [0.25, 0.3) is 0 Å². The molecule has 2 spiro atoms. The molecule has 2 saturated carbocycles. The van der Waals surface area contributed by atoms with Crippen LogP contribution in [0.2, 0.25) is 0 Å². The van der Waals surface area contributed by atoms with Crippen LogP contribution in [0, 0.1) is 22.7 Å². The molecular formula is C20H34O4. The summed E-state index contributed by atoms with van der Waals surface area (Å²) >= 11 is 0. The lowest BCUT2D eigenvalue weighted by atomic mass is 9.43. The molecule has 4 rings (SSSR count). The maximum Gasteiger partial charge on any atom is 0.0945 e. The summed E-state index contributed by atoms with van der Waals surface area (Å²) in [5.41, 5.74) is -0.593. The molecular weight excluding hydrogens is 304 g/mol. The molecule has 4 nitrogen and oxygen atoms in total. The van der Waals surface area contributed by atoms with E-state index in [9.17, 15) is 10.2 Å². The molecule has 0 aromatic rings. The summed E-state index contributed by atoms with van der Waals surface area (Å²) in [6.45, 7) is 8.46. The highest BCUT2D eigenvalue weighted by molar-refractivity contribution is 5.17. The van der Waals surface area contributed by atoms with Crippen molar-refractivity contribution in [3.63, 3.8) is 0 Å². The van der Waals surface area contributed by atoms with E-state index < -0.39 is 11.5 Å².